The summed E-state index contributed by atoms with van der Waals surface area (Å²) in [7, 11) is 0. The van der Waals surface area contributed by atoms with Crippen LogP contribution in [0.15, 0.2) is 24.3 Å². The quantitative estimate of drug-likeness (QED) is 0.874. The lowest BCUT2D eigenvalue weighted by molar-refractivity contribution is -0.100. The summed E-state index contributed by atoms with van der Waals surface area (Å²) in [5, 5.41) is 20.4. The Labute approximate surface area is 137 Å². The van der Waals surface area contributed by atoms with Gasteiger partial charge in [-0.3, -0.25) is 4.90 Å². The number of ether oxygens (including phenoxy) is 1. The van der Waals surface area contributed by atoms with Gasteiger partial charge in [0.05, 0.1) is 6.10 Å². The summed E-state index contributed by atoms with van der Waals surface area (Å²) in [6.07, 6.45) is 0.265. The number of hydrogen-bond acceptors (Lipinski definition) is 4. The predicted octanol–water partition coefficient (Wildman–Crippen LogP) is 2.58. The highest BCUT2D eigenvalue weighted by Gasteiger charge is 2.45. The van der Waals surface area contributed by atoms with E-state index in [9.17, 15) is 14.6 Å². The lowest BCUT2D eigenvalue weighted by atomic mass is 9.78. The molecule has 4 nitrogen and oxygen atoms in total. The van der Waals surface area contributed by atoms with Crippen molar-refractivity contribution in [2.75, 3.05) is 13.2 Å². The number of rotatable bonds is 5. The van der Waals surface area contributed by atoms with E-state index in [1.165, 1.54) is 6.07 Å². The Morgan fingerprint density at radius 1 is 1.22 bits per heavy atom. The molecule has 1 aliphatic rings. The topological polar surface area (TPSA) is 52.9 Å². The van der Waals surface area contributed by atoms with E-state index in [0.29, 0.717) is 19.4 Å². The van der Waals surface area contributed by atoms with Crippen molar-refractivity contribution in [3.05, 3.63) is 30.1 Å². The Hall–Kier alpha value is -1.17. The van der Waals surface area contributed by atoms with Gasteiger partial charge in [-0.05, 0) is 52.7 Å². The van der Waals surface area contributed by atoms with E-state index in [1.807, 2.05) is 0 Å². The summed E-state index contributed by atoms with van der Waals surface area (Å²) in [5.74, 6) is -0.277. The van der Waals surface area contributed by atoms with Crippen molar-refractivity contribution in [3.8, 4) is 5.75 Å². The maximum Gasteiger partial charge on any atom is 0.165 e. The monoisotopic (exact) mass is 325 g/mol. The van der Waals surface area contributed by atoms with Gasteiger partial charge in [0.2, 0.25) is 0 Å². The van der Waals surface area contributed by atoms with Crippen molar-refractivity contribution in [1.82, 2.24) is 4.90 Å². The number of aliphatic hydroxyl groups excluding tert-OH is 2. The second kappa shape index (κ2) is 6.75. The first-order valence-corrected chi connectivity index (χ1v) is 8.13. The van der Waals surface area contributed by atoms with E-state index < -0.39 is 11.9 Å². The summed E-state index contributed by atoms with van der Waals surface area (Å²) in [6, 6.07) is 6.18. The van der Waals surface area contributed by atoms with Gasteiger partial charge in [-0.15, -0.1) is 0 Å². The molecule has 1 aromatic rings. The second-order valence-electron chi connectivity index (χ2n) is 7.69. The van der Waals surface area contributed by atoms with E-state index in [2.05, 4.69) is 32.6 Å². The molecule has 2 rings (SSSR count). The zero-order chi connectivity index (χ0) is 17.3. The highest BCUT2D eigenvalue weighted by atomic mass is 19.1. The van der Waals surface area contributed by atoms with Crippen LogP contribution in [0.2, 0.25) is 0 Å². The molecule has 2 N–H and O–H groups in total. The van der Waals surface area contributed by atoms with E-state index in [0.717, 1.165) is 0 Å². The summed E-state index contributed by atoms with van der Waals surface area (Å²) >= 11 is 0. The number of aliphatic hydroxyl groups is 2. The van der Waals surface area contributed by atoms with Gasteiger partial charge in [0, 0.05) is 17.6 Å². The number of para-hydroxylation sites is 1. The molecule has 5 heteroatoms. The van der Waals surface area contributed by atoms with Crippen molar-refractivity contribution in [3.63, 3.8) is 0 Å². The Morgan fingerprint density at radius 2 is 1.78 bits per heavy atom. The molecule has 0 radical (unpaired) electrons. The largest absolute Gasteiger partial charge is 0.488 e. The van der Waals surface area contributed by atoms with Crippen molar-refractivity contribution in [2.24, 2.45) is 0 Å². The lowest BCUT2D eigenvalue weighted by Crippen LogP contribution is -2.63. The smallest absolute Gasteiger partial charge is 0.165 e. The van der Waals surface area contributed by atoms with E-state index in [-0.39, 0.29) is 29.5 Å². The van der Waals surface area contributed by atoms with E-state index >= 15 is 0 Å². The highest BCUT2D eigenvalue weighted by Crippen LogP contribution is 2.38. The van der Waals surface area contributed by atoms with Gasteiger partial charge in [-0.2, -0.15) is 0 Å². The molecular weight excluding hydrogens is 297 g/mol. The normalized spacial score (nSPS) is 22.7. The molecule has 130 valence electrons. The number of hydrogen-bond donors (Lipinski definition) is 2. The third-order valence-electron chi connectivity index (χ3n) is 4.59. The molecule has 0 spiro atoms. The van der Waals surface area contributed by atoms with Crippen molar-refractivity contribution < 1.29 is 19.3 Å². The van der Waals surface area contributed by atoms with Crippen molar-refractivity contribution in [2.45, 2.75) is 63.8 Å². The molecule has 0 saturated carbocycles. The minimum absolute atomic E-state index is 0.0339. The van der Waals surface area contributed by atoms with Crippen LogP contribution >= 0.6 is 0 Å². The molecule has 1 aliphatic heterocycles. The molecule has 0 unspecified atom stereocenters. The number of piperidine rings is 1. The van der Waals surface area contributed by atoms with Crippen LogP contribution < -0.4 is 4.74 Å². The Kier molecular flexibility index (Phi) is 5.33. The van der Waals surface area contributed by atoms with Crippen LogP contribution in [0.25, 0.3) is 0 Å². The van der Waals surface area contributed by atoms with Gasteiger partial charge in [0.25, 0.3) is 0 Å². The van der Waals surface area contributed by atoms with Gasteiger partial charge in [-0.1, -0.05) is 12.1 Å². The van der Waals surface area contributed by atoms with Crippen LogP contribution in [0.5, 0.6) is 5.75 Å². The molecule has 0 amide bonds. The lowest BCUT2D eigenvalue weighted by Gasteiger charge is -2.54. The SMILES string of the molecule is CC1(C)CC(O)CC(C)(C)N1C[C@H](O)COc1ccccc1F. The number of halogens is 1. The average Bonchev–Trinajstić information content (AvgIpc) is 2.41. The Bertz CT molecular complexity index is 515. The molecule has 0 bridgehead atoms. The zero-order valence-corrected chi connectivity index (χ0v) is 14.4. The molecular formula is C18H28FNO3. The summed E-state index contributed by atoms with van der Waals surface area (Å²) in [6.45, 7) is 8.74. The third-order valence-corrected chi connectivity index (χ3v) is 4.59. The number of nitrogens with zero attached hydrogens (tertiary/aromatic N) is 1. The van der Waals surface area contributed by atoms with Gasteiger partial charge < -0.3 is 14.9 Å². The molecule has 1 atom stereocenters. The number of likely N-dealkylation sites (tertiary alicyclic amines) is 1. The molecule has 0 aromatic heterocycles. The molecule has 1 aromatic carbocycles. The zero-order valence-electron chi connectivity index (χ0n) is 14.4. The molecule has 0 aliphatic carbocycles. The summed E-state index contributed by atoms with van der Waals surface area (Å²) in [4.78, 5) is 2.21. The van der Waals surface area contributed by atoms with Gasteiger partial charge in [0.1, 0.15) is 12.7 Å². The van der Waals surface area contributed by atoms with Crippen molar-refractivity contribution >= 4 is 0 Å². The highest BCUT2D eigenvalue weighted by molar-refractivity contribution is 5.23. The van der Waals surface area contributed by atoms with Crippen LogP contribution in [-0.2, 0) is 0 Å². The maximum atomic E-state index is 13.5. The Balaban J connectivity index is 1.98. The number of β-amino-alcohol motifs (C(OH)–C–C–N with tert-alkyl or cyclic N) is 1. The fourth-order valence-electron chi connectivity index (χ4n) is 3.77. The standard InChI is InChI=1S/C18H28FNO3/c1-17(2)9-13(21)10-18(3,4)20(17)11-14(22)12-23-16-8-6-5-7-15(16)19/h5-8,13-14,21-22H,9-12H2,1-4H3/t14-/m0/s1. The maximum absolute atomic E-state index is 13.5. The Morgan fingerprint density at radius 3 is 2.35 bits per heavy atom. The fourth-order valence-corrected chi connectivity index (χ4v) is 3.77. The summed E-state index contributed by atoms with van der Waals surface area (Å²) in [5.41, 5.74) is -0.444. The van der Waals surface area contributed by atoms with Crippen molar-refractivity contribution in [1.29, 1.82) is 0 Å². The van der Waals surface area contributed by atoms with E-state index in [1.54, 1.807) is 18.2 Å². The minimum Gasteiger partial charge on any atom is -0.488 e. The van der Waals surface area contributed by atoms with Crippen LogP contribution in [0.4, 0.5) is 4.39 Å². The number of benzene rings is 1. The molecule has 23 heavy (non-hydrogen) atoms. The first-order valence-electron chi connectivity index (χ1n) is 8.13. The summed E-state index contributed by atoms with van der Waals surface area (Å²) < 4.78 is 18.9. The van der Waals surface area contributed by atoms with Crippen LogP contribution in [0, 0.1) is 5.82 Å². The first kappa shape index (κ1) is 18.2. The molecule has 1 heterocycles. The van der Waals surface area contributed by atoms with Gasteiger partial charge in [0.15, 0.2) is 11.6 Å². The third kappa shape index (κ3) is 4.43. The van der Waals surface area contributed by atoms with Gasteiger partial charge >= 0.3 is 0 Å². The van der Waals surface area contributed by atoms with Gasteiger partial charge in [-0.25, -0.2) is 4.39 Å². The predicted molar refractivity (Wildman–Crippen MR) is 88.0 cm³/mol. The fraction of sp³-hybridized carbons (Fsp3) is 0.667. The van der Waals surface area contributed by atoms with Crippen LogP contribution in [0.3, 0.4) is 0 Å². The van der Waals surface area contributed by atoms with Crippen LogP contribution in [0.1, 0.15) is 40.5 Å². The average molecular weight is 325 g/mol. The molecule has 1 saturated heterocycles. The van der Waals surface area contributed by atoms with E-state index in [4.69, 9.17) is 4.74 Å². The van der Waals surface area contributed by atoms with Crippen LogP contribution in [-0.4, -0.2) is 51.6 Å². The molecule has 1 fully saturated rings. The first-order chi connectivity index (χ1) is 10.6. The minimum atomic E-state index is -0.733. The second-order valence-corrected chi connectivity index (χ2v) is 7.69.